The summed E-state index contributed by atoms with van der Waals surface area (Å²) >= 11 is 0. The predicted molar refractivity (Wildman–Crippen MR) is 266 cm³/mol. The Hall–Kier alpha value is -7.96. The molecule has 0 aliphatic heterocycles. The first kappa shape index (κ1) is 25.8. The fourth-order valence-electron chi connectivity index (χ4n) is 24.2. The van der Waals surface area contributed by atoms with Crippen LogP contribution in [-0.2, 0) is 10.8 Å². The molecule has 0 atom stereocenters. The van der Waals surface area contributed by atoms with Gasteiger partial charge < -0.3 is 0 Å². The van der Waals surface area contributed by atoms with Gasteiger partial charge in [0.2, 0.25) is 0 Å². The Morgan fingerprint density at radius 1 is 0.132 bits per heavy atom. The Morgan fingerprint density at radius 2 is 0.206 bits per heavy atom. The van der Waals surface area contributed by atoms with Crippen molar-refractivity contribution >= 4 is 291 Å². The zero-order chi connectivity index (χ0) is 41.5. The Bertz CT molecular complexity index is 6520. The van der Waals surface area contributed by atoms with E-state index in [1.807, 2.05) is 0 Å². The highest BCUT2D eigenvalue weighted by Crippen LogP contribution is 2.87. The molecule has 0 radical (unpaired) electrons. The minimum atomic E-state index is -5.33. The van der Waals surface area contributed by atoms with Crippen LogP contribution in [0.25, 0.3) is 291 Å². The lowest BCUT2D eigenvalue weighted by molar-refractivity contribution is -0.258. The average molecular weight is 859 g/mol. The molecule has 28 aromatic rings. The highest BCUT2D eigenvalue weighted by atomic mass is 19.4. The molecule has 0 unspecified atom stereocenters. The van der Waals surface area contributed by atoms with E-state index in [-0.39, 0.29) is 22.3 Å². The van der Waals surface area contributed by atoms with Crippen molar-refractivity contribution in [1.29, 1.82) is 0 Å². The molecule has 290 valence electrons. The van der Waals surface area contributed by atoms with Gasteiger partial charge in [-0.15, -0.1) is 0 Å². The normalized spacial score (nSPS) is 22.7. The molecule has 28 aromatic carbocycles. The molecule has 0 spiro atoms. The maximum Gasteiger partial charge on any atom is 0.404 e. The molecule has 0 aromatic heterocycles. The second-order valence-corrected chi connectivity index (χ2v) is 24.2. The van der Waals surface area contributed by atoms with E-state index >= 15 is 26.3 Å². The lowest BCUT2D eigenvalue weighted by Gasteiger charge is -2.54. The maximum absolute atomic E-state index is 18.6. The van der Waals surface area contributed by atoms with Gasteiger partial charge in [-0.3, -0.25) is 0 Å². The quantitative estimate of drug-likeness (QED) is 0.105. The Balaban J connectivity index is 1.28. The van der Waals surface area contributed by atoms with Gasteiger partial charge in [-0.25, -0.2) is 0 Å². The molecule has 0 nitrogen and oxygen atoms in total. The summed E-state index contributed by atoms with van der Waals surface area (Å²) < 4.78 is 112. The Kier molecular flexibility index (Phi) is 2.09. The monoisotopic (exact) mass is 858 g/mol. The summed E-state index contributed by atoms with van der Waals surface area (Å²) in [5.41, 5.74) is -7.03. The van der Waals surface area contributed by atoms with Crippen LogP contribution < -0.4 is 0 Å². The molecule has 0 amide bonds. The highest BCUT2D eigenvalue weighted by molar-refractivity contribution is 6.82. The molecule has 4 aliphatic carbocycles. The lowest BCUT2D eigenvalue weighted by atomic mass is 9.47. The molecule has 0 saturated heterocycles. The van der Waals surface area contributed by atoms with Gasteiger partial charge in [0.15, 0.2) is 0 Å². The van der Waals surface area contributed by atoms with Crippen LogP contribution in [0.1, 0.15) is 22.3 Å². The van der Waals surface area contributed by atoms with Gasteiger partial charge in [-0.1, -0.05) is 0 Å². The smallest absolute Gasteiger partial charge is 0.170 e. The molecule has 0 fully saturated rings. The zero-order valence-electron chi connectivity index (χ0n) is 33.3. The third-order valence-electron chi connectivity index (χ3n) is 24.2. The van der Waals surface area contributed by atoms with E-state index in [9.17, 15) is 0 Å². The van der Waals surface area contributed by atoms with E-state index in [0.717, 1.165) is 108 Å². The summed E-state index contributed by atoms with van der Waals surface area (Å²) in [5, 5.41) is 55.6. The summed E-state index contributed by atoms with van der Waals surface area (Å²) in [6.45, 7) is 0. The van der Waals surface area contributed by atoms with Crippen molar-refractivity contribution < 1.29 is 26.3 Å². The van der Waals surface area contributed by atoms with Crippen LogP contribution in [0.4, 0.5) is 26.3 Å². The van der Waals surface area contributed by atoms with Gasteiger partial charge in [0.1, 0.15) is 10.8 Å². The van der Waals surface area contributed by atoms with Gasteiger partial charge in [0, 0.05) is 0 Å². The molecule has 0 bridgehead atoms. The van der Waals surface area contributed by atoms with Crippen molar-refractivity contribution in [3.63, 3.8) is 0 Å². The average Bonchev–Trinajstić information content (AvgIpc) is 4.16. The fourth-order valence-corrected chi connectivity index (χ4v) is 24.2. The Labute approximate surface area is 361 Å². The maximum atomic E-state index is 18.6. The number of halogens is 6. The molecule has 6 heteroatoms. The summed E-state index contributed by atoms with van der Waals surface area (Å²) in [6.07, 6.45) is -10.7. The summed E-state index contributed by atoms with van der Waals surface area (Å²) in [7, 11) is 0. The number of benzene rings is 18. The van der Waals surface area contributed by atoms with Crippen LogP contribution >= 0.6 is 0 Å². The van der Waals surface area contributed by atoms with Crippen molar-refractivity contribution in [2.75, 3.05) is 0 Å². The van der Waals surface area contributed by atoms with Crippen molar-refractivity contribution in [3.05, 3.63) is 22.3 Å². The van der Waals surface area contributed by atoms with E-state index in [1.54, 1.807) is 0 Å². The summed E-state index contributed by atoms with van der Waals surface area (Å²) in [6, 6.07) is 0. The van der Waals surface area contributed by atoms with Gasteiger partial charge in [0.25, 0.3) is 0 Å². The third kappa shape index (κ3) is 1.29. The molecule has 0 saturated carbocycles. The minimum absolute atomic E-state index is 0.0580. The Morgan fingerprint density at radius 3 is 0.279 bits per heavy atom. The summed E-state index contributed by atoms with van der Waals surface area (Å²) in [5.74, 6) is 0. The minimum Gasteiger partial charge on any atom is -0.170 e. The zero-order valence-corrected chi connectivity index (χ0v) is 33.3. The van der Waals surface area contributed by atoms with Crippen molar-refractivity contribution in [2.24, 2.45) is 0 Å². The first-order valence-corrected chi connectivity index (χ1v) is 24.1. The largest absolute Gasteiger partial charge is 0.404 e. The molecule has 0 N–H and O–H groups in total. The van der Waals surface area contributed by atoms with Gasteiger partial charge in [-0.05, 0) is 313 Å². The summed E-state index contributed by atoms with van der Waals surface area (Å²) in [4.78, 5) is 0. The van der Waals surface area contributed by atoms with Crippen LogP contribution in [-0.4, -0.2) is 12.4 Å². The number of hydrogen-bond donors (Lipinski definition) is 0. The third-order valence-corrected chi connectivity index (χ3v) is 24.2. The van der Waals surface area contributed by atoms with Crippen LogP contribution in [0.15, 0.2) is 0 Å². The van der Waals surface area contributed by atoms with Crippen LogP contribution in [0.3, 0.4) is 0 Å². The molecular weight excluding hydrogens is 859 g/mol. The molecule has 0 heterocycles. The van der Waals surface area contributed by atoms with Gasteiger partial charge >= 0.3 is 12.4 Å². The van der Waals surface area contributed by atoms with E-state index in [4.69, 9.17) is 0 Å². The standard InChI is InChI=1S/C62F6/c63-61(64,65)59-55-47-39-29-19-11-3-1-2-5-9-7(3)15-23-17(9)27-21-13(5)14-6(2)10-8-4(1)12(11)20-26-16(8)24-18(10)28-22(14)32-31(21)41-35(27)45-37(23)43(33(39)25(15)19)51(55)53(45)57-49(41)50-42(32)36(28)46-38(24)44-34(26)40(30(20)29)48(47)56(59)52(44)54(46)58(50)60(57,59)62(66,67)68. The topological polar surface area (TPSA) is 0 Å². The first-order chi connectivity index (χ1) is 33.2. The number of rotatable bonds is 0. The van der Waals surface area contributed by atoms with Gasteiger partial charge in [-0.2, -0.15) is 26.3 Å². The number of hydrogen-bond acceptors (Lipinski definition) is 0. The van der Waals surface area contributed by atoms with E-state index in [1.165, 1.54) is 140 Å². The molecular formula is C62F6. The fraction of sp³-hybridized carbons (Fsp3) is 0.0645. The second kappa shape index (κ2) is 5.51. The molecule has 4 aliphatic rings. The predicted octanol–water partition coefficient (Wildman–Crippen LogP) is 18.4. The van der Waals surface area contributed by atoms with E-state index in [0.29, 0.717) is 43.1 Å². The number of alkyl halides is 6. The van der Waals surface area contributed by atoms with Crippen molar-refractivity contribution in [2.45, 2.75) is 23.2 Å². The molecule has 68 heavy (non-hydrogen) atoms. The van der Waals surface area contributed by atoms with Crippen LogP contribution in [0.2, 0.25) is 0 Å². The molecule has 32 rings (SSSR count). The van der Waals surface area contributed by atoms with Gasteiger partial charge in [0.05, 0.1) is 0 Å². The second-order valence-electron chi connectivity index (χ2n) is 24.2. The lowest BCUT2D eigenvalue weighted by Crippen LogP contribution is -2.66. The first-order valence-electron chi connectivity index (χ1n) is 24.1. The van der Waals surface area contributed by atoms with E-state index < -0.39 is 23.2 Å². The van der Waals surface area contributed by atoms with Crippen molar-refractivity contribution in [1.82, 2.24) is 0 Å². The highest BCUT2D eigenvalue weighted by Gasteiger charge is 2.85. The van der Waals surface area contributed by atoms with E-state index in [2.05, 4.69) is 0 Å². The van der Waals surface area contributed by atoms with Crippen LogP contribution in [0, 0.1) is 0 Å². The van der Waals surface area contributed by atoms with Crippen molar-refractivity contribution in [3.8, 4) is 0 Å². The SMILES string of the molecule is FC(F)(F)C12c3c4c5c6c7c8c(c9c%10c1c1c3c3c%11c4c4c5c5c7c7c%12c8c8c9c9c%10c%10c1c1c3c3c%11c%11c4c4c5c7c5c7c%12c8c8c9c9c%10c1c1c3c3c%11c4c5c4c7c8c9c1c34)C62C(F)(F)F. The van der Waals surface area contributed by atoms with Crippen LogP contribution in [0.5, 0.6) is 0 Å².